The molecule has 0 aromatic heterocycles. The lowest BCUT2D eigenvalue weighted by Gasteiger charge is -2.48. The summed E-state index contributed by atoms with van der Waals surface area (Å²) in [7, 11) is 4.87. The monoisotopic (exact) mass is 614 g/mol. The molecule has 232 valence electrons. The molecule has 5 rings (SSSR count). The molecule has 2 fully saturated rings. The highest BCUT2D eigenvalue weighted by Gasteiger charge is 2.51. The number of hydrogen-bond acceptors (Lipinski definition) is 11. The number of fused-ring (bicyclic) bond motifs is 1. The molecular weight excluding hydrogens is 576 g/mol. The van der Waals surface area contributed by atoms with E-state index in [2.05, 4.69) is 6.92 Å². The zero-order valence-electron chi connectivity index (χ0n) is 24.7. The van der Waals surface area contributed by atoms with Crippen molar-refractivity contribution in [1.82, 2.24) is 0 Å². The molecule has 43 heavy (non-hydrogen) atoms. The zero-order chi connectivity index (χ0) is 30.0. The molecule has 0 amide bonds. The van der Waals surface area contributed by atoms with Crippen LogP contribution in [0.5, 0.6) is 28.7 Å². The minimum absolute atomic E-state index is 0.0177. The maximum absolute atomic E-state index is 6.51. The molecule has 0 N–H and O–H groups in total. The lowest BCUT2D eigenvalue weighted by molar-refractivity contribution is -0.334. The number of hydrogen-bond donors (Lipinski definition) is 0. The van der Waals surface area contributed by atoms with E-state index in [9.17, 15) is 0 Å². The van der Waals surface area contributed by atoms with Gasteiger partial charge in [0.2, 0.25) is 0 Å². The molecule has 3 aromatic rings. The molecule has 0 unspecified atom stereocenters. The van der Waals surface area contributed by atoms with Crippen LogP contribution in [-0.2, 0) is 23.7 Å². The van der Waals surface area contributed by atoms with E-state index >= 15 is 0 Å². The van der Waals surface area contributed by atoms with Crippen molar-refractivity contribution in [2.24, 2.45) is 0 Å². The molecule has 2 aliphatic heterocycles. The van der Waals surface area contributed by atoms with Gasteiger partial charge in [0.15, 0.2) is 19.9 Å². The van der Waals surface area contributed by atoms with Crippen LogP contribution in [0.15, 0.2) is 72.8 Å². The van der Waals surface area contributed by atoms with Gasteiger partial charge in [0, 0.05) is 5.56 Å². The summed E-state index contributed by atoms with van der Waals surface area (Å²) in [6, 6.07) is 22.2. The van der Waals surface area contributed by atoms with Gasteiger partial charge in [-0.3, -0.25) is 0 Å². The van der Waals surface area contributed by atoms with Crippen molar-refractivity contribution in [3.8, 4) is 28.7 Å². The molecule has 10 nitrogen and oxygen atoms in total. The van der Waals surface area contributed by atoms with Crippen molar-refractivity contribution < 1.29 is 47.4 Å². The topological polar surface area (TPSA) is 92.3 Å². The van der Waals surface area contributed by atoms with Gasteiger partial charge in [0.25, 0.3) is 0 Å². The first kappa shape index (κ1) is 31.2. The summed E-state index contributed by atoms with van der Waals surface area (Å²) >= 11 is 1.63. The summed E-state index contributed by atoms with van der Waals surface area (Å²) in [5, 5.41) is 0. The van der Waals surface area contributed by atoms with Gasteiger partial charge in [-0.15, -0.1) is 11.8 Å². The molecular formula is C32H38O10S. The molecule has 6 atom stereocenters. The van der Waals surface area contributed by atoms with Crippen LogP contribution in [0, 0.1) is 0 Å². The van der Waals surface area contributed by atoms with Crippen molar-refractivity contribution in [3.63, 3.8) is 0 Å². The highest BCUT2D eigenvalue weighted by Crippen LogP contribution is 2.39. The predicted octanol–water partition coefficient (Wildman–Crippen LogP) is 5.45. The minimum Gasteiger partial charge on any atom is -0.497 e. The largest absolute Gasteiger partial charge is 0.497 e. The number of methoxy groups -OCH3 is 3. The van der Waals surface area contributed by atoms with Crippen LogP contribution in [0.2, 0.25) is 0 Å². The van der Waals surface area contributed by atoms with Gasteiger partial charge in [0.1, 0.15) is 58.6 Å². The van der Waals surface area contributed by atoms with Crippen LogP contribution < -0.4 is 23.7 Å². The smallest absolute Gasteiger partial charge is 0.189 e. The van der Waals surface area contributed by atoms with E-state index in [0.29, 0.717) is 18.1 Å². The average molecular weight is 615 g/mol. The van der Waals surface area contributed by atoms with Gasteiger partial charge in [-0.2, -0.15) is 0 Å². The first-order valence-electron chi connectivity index (χ1n) is 14.1. The molecule has 0 aliphatic carbocycles. The maximum Gasteiger partial charge on any atom is 0.189 e. The minimum atomic E-state index is -0.615. The van der Waals surface area contributed by atoms with Gasteiger partial charge >= 0.3 is 0 Å². The van der Waals surface area contributed by atoms with Gasteiger partial charge in [-0.1, -0.05) is 19.1 Å². The van der Waals surface area contributed by atoms with Crippen molar-refractivity contribution in [2.75, 3.05) is 47.3 Å². The van der Waals surface area contributed by atoms with E-state index in [1.54, 1.807) is 33.1 Å². The molecule has 2 saturated heterocycles. The van der Waals surface area contributed by atoms with Crippen LogP contribution in [-0.4, -0.2) is 77.1 Å². The summed E-state index contributed by atoms with van der Waals surface area (Å²) in [5.74, 6) is 4.34. The molecule has 0 radical (unpaired) electrons. The normalized spacial score (nSPS) is 24.9. The molecule has 3 aromatic carbocycles. The molecule has 0 saturated carbocycles. The Bertz CT molecular complexity index is 1240. The lowest BCUT2D eigenvalue weighted by atomic mass is 9.98. The Balaban J connectivity index is 1.33. The Kier molecular flexibility index (Phi) is 11.3. The Hall–Kier alpha value is -3.19. The highest BCUT2D eigenvalue weighted by molar-refractivity contribution is 7.99. The van der Waals surface area contributed by atoms with E-state index in [4.69, 9.17) is 47.4 Å². The number of rotatable bonds is 14. The van der Waals surface area contributed by atoms with Crippen molar-refractivity contribution in [3.05, 3.63) is 78.4 Å². The summed E-state index contributed by atoms with van der Waals surface area (Å²) in [6.45, 7) is 2.36. The van der Waals surface area contributed by atoms with E-state index in [-0.39, 0.29) is 25.1 Å². The average Bonchev–Trinajstić information content (AvgIpc) is 3.06. The summed E-state index contributed by atoms with van der Waals surface area (Å²) < 4.78 is 59.5. The van der Waals surface area contributed by atoms with Crippen LogP contribution >= 0.6 is 11.8 Å². The fourth-order valence-electron chi connectivity index (χ4n) is 4.85. The molecule has 0 spiro atoms. The second-order valence-electron chi connectivity index (χ2n) is 9.68. The van der Waals surface area contributed by atoms with E-state index in [0.717, 1.165) is 28.6 Å². The fourth-order valence-corrected chi connectivity index (χ4v) is 5.82. The second-order valence-corrected chi connectivity index (χ2v) is 11.1. The Morgan fingerprint density at radius 2 is 1.14 bits per heavy atom. The number of thioether (sulfide) groups is 1. The van der Waals surface area contributed by atoms with Crippen LogP contribution in [0.3, 0.4) is 0 Å². The van der Waals surface area contributed by atoms with Crippen molar-refractivity contribution in [1.29, 1.82) is 0 Å². The van der Waals surface area contributed by atoms with Crippen molar-refractivity contribution >= 4 is 11.8 Å². The van der Waals surface area contributed by atoms with Crippen molar-refractivity contribution in [2.45, 2.75) is 43.1 Å². The van der Waals surface area contributed by atoms with E-state index in [1.165, 1.54) is 0 Å². The fraction of sp³-hybridized carbons (Fsp3) is 0.438. The Morgan fingerprint density at radius 3 is 1.65 bits per heavy atom. The molecule has 2 heterocycles. The number of ether oxygens (including phenoxy) is 10. The predicted molar refractivity (Wildman–Crippen MR) is 160 cm³/mol. The van der Waals surface area contributed by atoms with Crippen LogP contribution in [0.4, 0.5) is 0 Å². The van der Waals surface area contributed by atoms with Gasteiger partial charge < -0.3 is 47.4 Å². The van der Waals surface area contributed by atoms with E-state index in [1.807, 2.05) is 72.8 Å². The zero-order valence-corrected chi connectivity index (χ0v) is 25.5. The third-order valence-electron chi connectivity index (χ3n) is 7.09. The summed E-state index contributed by atoms with van der Waals surface area (Å²) in [6.07, 6.45) is -2.56. The molecule has 11 heteroatoms. The van der Waals surface area contributed by atoms with Gasteiger partial charge in [-0.05, 0) is 66.4 Å². The maximum atomic E-state index is 6.51. The Labute approximate surface area is 256 Å². The SMILES string of the molecule is CCS[C@@H]1O[C@@H]2CO[C@H](c3ccc(OC)cc3)O[C@@H]2[C@H](OCOc2ccc(OC)cc2)[C@H]1OCOc1ccc(OC)cc1. The van der Waals surface area contributed by atoms with Crippen LogP contribution in [0.25, 0.3) is 0 Å². The highest BCUT2D eigenvalue weighted by atomic mass is 32.2. The first-order chi connectivity index (χ1) is 21.1. The van der Waals surface area contributed by atoms with E-state index < -0.39 is 24.6 Å². The molecule has 2 aliphatic rings. The second kappa shape index (κ2) is 15.5. The Morgan fingerprint density at radius 1 is 0.651 bits per heavy atom. The summed E-state index contributed by atoms with van der Waals surface area (Å²) in [4.78, 5) is 0. The number of benzene rings is 3. The lowest BCUT2D eigenvalue weighted by Crippen LogP contribution is -2.62. The van der Waals surface area contributed by atoms with Gasteiger partial charge in [-0.25, -0.2) is 0 Å². The quantitative estimate of drug-likeness (QED) is 0.217. The van der Waals surface area contributed by atoms with Gasteiger partial charge in [0.05, 0.1) is 27.9 Å². The first-order valence-corrected chi connectivity index (χ1v) is 15.1. The summed E-state index contributed by atoms with van der Waals surface area (Å²) in [5.41, 5.74) is 0.513. The van der Waals surface area contributed by atoms with Crippen LogP contribution in [0.1, 0.15) is 18.8 Å². The standard InChI is InChI=1S/C32H38O10S/c1-5-43-32-30(40-20-38-26-16-12-24(35-4)13-17-26)29(39-19-37-25-14-10-23(34-3)11-15-25)28-27(41-32)18-36-31(42-28)21-6-8-22(33-2)9-7-21/h6-17,27-32H,5,18-20H2,1-4H3/t27-,28+,29+,30-,31+,32+/m1/s1. The third kappa shape index (κ3) is 8.05. The molecule has 0 bridgehead atoms. The third-order valence-corrected chi connectivity index (χ3v) is 8.13.